The molecular formula is C38H38O7S. The number of rotatable bonds is 17. The van der Waals surface area contributed by atoms with E-state index in [0.717, 1.165) is 49.8 Å². The van der Waals surface area contributed by atoms with Crippen molar-refractivity contribution in [2.24, 2.45) is 0 Å². The molecule has 1 unspecified atom stereocenters. The van der Waals surface area contributed by atoms with E-state index < -0.39 is 18.0 Å². The third-order valence-corrected chi connectivity index (χ3v) is 7.90. The number of hydrogen-bond donors (Lipinski definition) is 2. The van der Waals surface area contributed by atoms with Gasteiger partial charge in [0.2, 0.25) is 0 Å². The molecular weight excluding hydrogens is 600 g/mol. The highest BCUT2D eigenvalue weighted by molar-refractivity contribution is 7.99. The van der Waals surface area contributed by atoms with Crippen molar-refractivity contribution in [1.29, 1.82) is 0 Å². The summed E-state index contributed by atoms with van der Waals surface area (Å²) in [4.78, 5) is 23.1. The molecule has 0 fully saturated rings. The van der Waals surface area contributed by atoms with Crippen LogP contribution in [0.2, 0.25) is 0 Å². The minimum atomic E-state index is -0.990. The normalized spacial score (nSPS) is 12.0. The van der Waals surface area contributed by atoms with Gasteiger partial charge < -0.3 is 24.4 Å². The van der Waals surface area contributed by atoms with Gasteiger partial charge in [0.1, 0.15) is 18.1 Å². The second-order valence-corrected chi connectivity index (χ2v) is 11.5. The molecule has 8 heteroatoms. The highest BCUT2D eigenvalue weighted by Gasteiger charge is 2.17. The number of thioether (sulfide) groups is 1. The van der Waals surface area contributed by atoms with Crippen LogP contribution >= 0.6 is 11.8 Å². The zero-order valence-electron chi connectivity index (χ0n) is 25.9. The number of carboxylic acids is 2. The van der Waals surface area contributed by atoms with E-state index in [2.05, 4.69) is 60.7 Å². The third-order valence-electron chi connectivity index (χ3n) is 6.95. The van der Waals surface area contributed by atoms with E-state index in [1.54, 1.807) is 18.7 Å². The Labute approximate surface area is 274 Å². The number of carboxylic acid groups (broad SMARTS) is 2. The first kappa shape index (κ1) is 34.1. The summed E-state index contributed by atoms with van der Waals surface area (Å²) < 4.78 is 16.4. The van der Waals surface area contributed by atoms with Gasteiger partial charge in [-0.2, -0.15) is 0 Å². The Balaban J connectivity index is 1.20. The smallest absolute Gasteiger partial charge is 0.341 e. The summed E-state index contributed by atoms with van der Waals surface area (Å²) in [5.41, 5.74) is 6.28. The Bertz CT molecular complexity index is 1630. The monoisotopic (exact) mass is 638 g/mol. The zero-order valence-corrected chi connectivity index (χ0v) is 26.7. The predicted molar refractivity (Wildman–Crippen MR) is 184 cm³/mol. The molecule has 4 aromatic carbocycles. The van der Waals surface area contributed by atoms with Crippen LogP contribution in [0.25, 0.3) is 23.3 Å². The summed E-state index contributed by atoms with van der Waals surface area (Å²) in [6.45, 7) is 4.13. The van der Waals surface area contributed by atoms with Crippen molar-refractivity contribution in [1.82, 2.24) is 0 Å². The van der Waals surface area contributed by atoms with Crippen molar-refractivity contribution in [3.05, 3.63) is 125 Å². The van der Waals surface area contributed by atoms with Crippen LogP contribution in [0.4, 0.5) is 0 Å². The molecule has 46 heavy (non-hydrogen) atoms. The fourth-order valence-corrected chi connectivity index (χ4v) is 5.41. The maximum Gasteiger partial charge on any atom is 0.341 e. The molecule has 0 heterocycles. The maximum absolute atomic E-state index is 11.3. The van der Waals surface area contributed by atoms with Gasteiger partial charge in [-0.25, -0.2) is 9.59 Å². The lowest BCUT2D eigenvalue weighted by Gasteiger charge is -2.12. The van der Waals surface area contributed by atoms with E-state index in [4.69, 9.17) is 19.3 Å². The minimum absolute atomic E-state index is 0.314. The fraction of sp³-hybridized carbons (Fsp3) is 0.211. The first-order valence-electron chi connectivity index (χ1n) is 15.0. The average molecular weight is 639 g/mol. The molecule has 238 valence electrons. The third kappa shape index (κ3) is 11.0. The van der Waals surface area contributed by atoms with E-state index in [1.165, 1.54) is 0 Å². The van der Waals surface area contributed by atoms with E-state index in [9.17, 15) is 14.7 Å². The summed E-state index contributed by atoms with van der Waals surface area (Å²) >= 11 is 1.71. The van der Waals surface area contributed by atoms with Crippen LogP contribution < -0.4 is 9.47 Å². The van der Waals surface area contributed by atoms with Crippen molar-refractivity contribution >= 4 is 35.9 Å². The fourth-order valence-electron chi connectivity index (χ4n) is 4.60. The summed E-state index contributed by atoms with van der Waals surface area (Å²) in [6, 6.07) is 30.0. The van der Waals surface area contributed by atoms with Crippen molar-refractivity contribution in [3.63, 3.8) is 0 Å². The Hall–Kier alpha value is -4.79. The molecule has 0 amide bonds. The van der Waals surface area contributed by atoms with Crippen LogP contribution in [-0.4, -0.2) is 53.8 Å². The number of aryl methyl sites for hydroxylation is 1. The van der Waals surface area contributed by atoms with Gasteiger partial charge in [0.25, 0.3) is 0 Å². The molecule has 0 spiro atoms. The van der Waals surface area contributed by atoms with Gasteiger partial charge in [0, 0.05) is 23.7 Å². The van der Waals surface area contributed by atoms with Crippen molar-refractivity contribution in [2.75, 3.05) is 25.6 Å². The molecule has 0 aliphatic carbocycles. The van der Waals surface area contributed by atoms with Gasteiger partial charge >= 0.3 is 11.9 Å². The lowest BCUT2D eigenvalue weighted by molar-refractivity contribution is -0.150. The Kier molecular flexibility index (Phi) is 13.1. The highest BCUT2D eigenvalue weighted by atomic mass is 32.2. The molecule has 0 saturated carbocycles. The van der Waals surface area contributed by atoms with E-state index >= 15 is 0 Å². The quantitative estimate of drug-likeness (QED) is 0.112. The first-order valence-corrected chi connectivity index (χ1v) is 16.0. The number of ether oxygens (including phenoxy) is 3. The molecule has 2 N–H and O–H groups in total. The van der Waals surface area contributed by atoms with Crippen LogP contribution in [0.15, 0.2) is 108 Å². The topological polar surface area (TPSA) is 102 Å². The molecule has 1 atom stereocenters. The Morgan fingerprint density at radius 3 is 2.00 bits per heavy atom. The molecule has 7 nitrogen and oxygen atoms in total. The molecule has 0 radical (unpaired) electrons. The lowest BCUT2D eigenvalue weighted by Crippen LogP contribution is -2.26. The van der Waals surface area contributed by atoms with Crippen LogP contribution in [0, 0.1) is 6.92 Å². The van der Waals surface area contributed by atoms with E-state index in [1.807, 2.05) is 61.5 Å². The summed E-state index contributed by atoms with van der Waals surface area (Å²) in [7, 11) is 0. The number of hydrogen-bond acceptors (Lipinski definition) is 6. The predicted octanol–water partition coefficient (Wildman–Crippen LogP) is 8.06. The number of benzene rings is 4. The standard InChI is InChI=1S/C38H38O7S/c1-3-43-36(38(41)42)25-30-12-18-33(19-13-30)44-22-4-6-28-8-14-31(15-9-28)32-16-10-29(11-17-32)7-5-23-46-34-20-21-35(27(2)24-34)45-26-37(39)40/h4-21,24,36H,3,22-23,25-26H2,1-2H3,(H,39,40)(H,41,42)/b6-4+,7-5+. The van der Waals surface area contributed by atoms with E-state index in [0.29, 0.717) is 25.4 Å². The van der Waals surface area contributed by atoms with Crippen LogP contribution in [0.5, 0.6) is 11.5 Å². The second kappa shape index (κ2) is 17.6. The van der Waals surface area contributed by atoms with Crippen LogP contribution in [0.3, 0.4) is 0 Å². The molecule has 0 bridgehead atoms. The summed E-state index contributed by atoms with van der Waals surface area (Å²) in [6.07, 6.45) is 7.69. The lowest BCUT2D eigenvalue weighted by atomic mass is 10.0. The summed E-state index contributed by atoms with van der Waals surface area (Å²) in [5, 5.41) is 18.0. The van der Waals surface area contributed by atoms with Crippen molar-refractivity contribution in [2.45, 2.75) is 31.3 Å². The zero-order chi connectivity index (χ0) is 32.7. The summed E-state index contributed by atoms with van der Waals surface area (Å²) in [5.74, 6) is 0.170. The maximum atomic E-state index is 11.3. The molecule has 0 saturated heterocycles. The van der Waals surface area contributed by atoms with Gasteiger partial charge in [-0.15, -0.1) is 11.8 Å². The van der Waals surface area contributed by atoms with Gasteiger partial charge in [0.05, 0.1) is 0 Å². The highest BCUT2D eigenvalue weighted by Crippen LogP contribution is 2.26. The molecule has 0 aromatic heterocycles. The van der Waals surface area contributed by atoms with Crippen molar-refractivity contribution < 1.29 is 34.0 Å². The van der Waals surface area contributed by atoms with Crippen molar-refractivity contribution in [3.8, 4) is 22.6 Å². The number of aliphatic carboxylic acids is 2. The van der Waals surface area contributed by atoms with Crippen LogP contribution in [-0.2, 0) is 20.7 Å². The minimum Gasteiger partial charge on any atom is -0.490 e. The second-order valence-electron chi connectivity index (χ2n) is 10.4. The first-order chi connectivity index (χ1) is 22.3. The average Bonchev–Trinajstić information content (AvgIpc) is 3.05. The molecule has 4 aromatic rings. The molecule has 0 aliphatic rings. The molecule has 0 aliphatic heterocycles. The van der Waals surface area contributed by atoms with Gasteiger partial charge in [-0.1, -0.05) is 78.9 Å². The Morgan fingerprint density at radius 2 is 1.43 bits per heavy atom. The Morgan fingerprint density at radius 1 is 0.804 bits per heavy atom. The van der Waals surface area contributed by atoms with Gasteiger partial charge in [-0.05, 0) is 83.6 Å². The van der Waals surface area contributed by atoms with E-state index in [-0.39, 0.29) is 6.61 Å². The molecule has 4 rings (SSSR count). The van der Waals surface area contributed by atoms with Crippen LogP contribution in [0.1, 0.15) is 29.2 Å². The SMILES string of the molecule is CCOC(Cc1ccc(OC/C=C/c2ccc(-c3ccc(/C=C/CSc4ccc(OCC(=O)O)c(C)c4)cc3)cc2)cc1)C(=O)O. The van der Waals surface area contributed by atoms with Gasteiger partial charge in [0.15, 0.2) is 12.7 Å². The number of carbonyl (C=O) groups is 2. The largest absolute Gasteiger partial charge is 0.490 e. The van der Waals surface area contributed by atoms with Gasteiger partial charge in [-0.3, -0.25) is 0 Å².